The third-order valence-corrected chi connectivity index (χ3v) is 5.11. The van der Waals surface area contributed by atoms with E-state index in [1.165, 1.54) is 0 Å². The summed E-state index contributed by atoms with van der Waals surface area (Å²) in [6.45, 7) is 1.98. The standard InChI is InChI=1S/C23H25ClO7/c1-15-12-19(14-28-20(25)13-24)30-23(29-18-10-8-17(27-2)9-11-18)21(15)31-22(26)16-6-4-3-5-7-16/h3-11,15,19,21,23H,12-14H2,1-2H3/t15-,19?,21?,23+/m0/s1. The summed E-state index contributed by atoms with van der Waals surface area (Å²) in [7, 11) is 1.58. The fourth-order valence-electron chi connectivity index (χ4n) is 3.29. The number of alkyl halides is 1. The zero-order valence-corrected chi connectivity index (χ0v) is 18.1. The molecule has 2 aromatic carbocycles. The van der Waals surface area contributed by atoms with E-state index in [0.29, 0.717) is 23.5 Å². The summed E-state index contributed by atoms with van der Waals surface area (Å²) < 4.78 is 28.1. The summed E-state index contributed by atoms with van der Waals surface area (Å²) in [5, 5.41) is 0. The molecule has 0 amide bonds. The number of esters is 2. The summed E-state index contributed by atoms with van der Waals surface area (Å²) in [6, 6.07) is 15.7. The largest absolute Gasteiger partial charge is 0.497 e. The van der Waals surface area contributed by atoms with Gasteiger partial charge in [-0.05, 0) is 42.8 Å². The van der Waals surface area contributed by atoms with Crippen LogP contribution in [0.1, 0.15) is 23.7 Å². The molecule has 1 aliphatic heterocycles. The van der Waals surface area contributed by atoms with Crippen LogP contribution in [0, 0.1) is 5.92 Å². The van der Waals surface area contributed by atoms with Gasteiger partial charge < -0.3 is 23.7 Å². The SMILES string of the molecule is COc1ccc(O[C@@H]2OC(COC(=O)CCl)C[C@H](C)C2OC(=O)c2ccccc2)cc1. The van der Waals surface area contributed by atoms with Crippen molar-refractivity contribution in [3.63, 3.8) is 0 Å². The van der Waals surface area contributed by atoms with Gasteiger partial charge >= 0.3 is 11.9 Å². The van der Waals surface area contributed by atoms with Gasteiger partial charge in [-0.25, -0.2) is 4.79 Å². The highest BCUT2D eigenvalue weighted by Crippen LogP contribution is 2.31. The molecule has 4 atom stereocenters. The lowest BCUT2D eigenvalue weighted by Gasteiger charge is -2.39. The third-order valence-electron chi connectivity index (χ3n) is 4.89. The van der Waals surface area contributed by atoms with Gasteiger partial charge in [0.15, 0.2) is 6.10 Å². The Labute approximate surface area is 186 Å². The number of methoxy groups -OCH3 is 1. The summed E-state index contributed by atoms with van der Waals surface area (Å²) in [6.07, 6.45) is -1.44. The van der Waals surface area contributed by atoms with Crippen LogP contribution >= 0.6 is 11.6 Å². The molecule has 0 aromatic heterocycles. The summed E-state index contributed by atoms with van der Waals surface area (Å²) >= 11 is 5.49. The van der Waals surface area contributed by atoms with Crippen LogP contribution in [-0.2, 0) is 19.0 Å². The van der Waals surface area contributed by atoms with Crippen molar-refractivity contribution in [3.8, 4) is 11.5 Å². The highest BCUT2D eigenvalue weighted by molar-refractivity contribution is 6.26. The minimum atomic E-state index is -0.885. The summed E-state index contributed by atoms with van der Waals surface area (Å²) in [5.41, 5.74) is 0.441. The van der Waals surface area contributed by atoms with Gasteiger partial charge in [0.25, 0.3) is 0 Å². The molecule has 1 saturated heterocycles. The molecule has 0 aliphatic carbocycles. The molecular formula is C23H25ClO7. The van der Waals surface area contributed by atoms with Gasteiger partial charge in [-0.1, -0.05) is 25.1 Å². The fourth-order valence-corrected chi connectivity index (χ4v) is 3.37. The van der Waals surface area contributed by atoms with E-state index in [0.717, 1.165) is 0 Å². The highest BCUT2D eigenvalue weighted by atomic mass is 35.5. The molecule has 1 heterocycles. The number of hydrogen-bond acceptors (Lipinski definition) is 7. The van der Waals surface area contributed by atoms with Crippen LogP contribution in [0.2, 0.25) is 0 Å². The molecule has 1 fully saturated rings. The zero-order valence-electron chi connectivity index (χ0n) is 17.4. The van der Waals surface area contributed by atoms with Crippen molar-refractivity contribution < 1.29 is 33.3 Å². The van der Waals surface area contributed by atoms with E-state index >= 15 is 0 Å². The van der Waals surface area contributed by atoms with Crippen LogP contribution in [0.3, 0.4) is 0 Å². The van der Waals surface area contributed by atoms with E-state index < -0.39 is 30.4 Å². The van der Waals surface area contributed by atoms with Gasteiger partial charge in [0.1, 0.15) is 24.0 Å². The Kier molecular flexibility index (Phi) is 8.14. The highest BCUT2D eigenvalue weighted by Gasteiger charge is 2.41. The van der Waals surface area contributed by atoms with Crippen molar-refractivity contribution in [2.24, 2.45) is 5.92 Å². The number of ether oxygens (including phenoxy) is 5. The Morgan fingerprint density at radius 1 is 1.06 bits per heavy atom. The number of hydrogen-bond donors (Lipinski definition) is 0. The molecule has 0 bridgehead atoms. The van der Waals surface area contributed by atoms with Gasteiger partial charge in [-0.2, -0.15) is 0 Å². The first kappa shape index (κ1) is 22.9. The molecule has 0 radical (unpaired) electrons. The van der Waals surface area contributed by atoms with Gasteiger partial charge in [0.05, 0.1) is 18.8 Å². The van der Waals surface area contributed by atoms with Gasteiger partial charge in [0, 0.05) is 5.92 Å². The van der Waals surface area contributed by atoms with E-state index in [1.54, 1.807) is 55.6 Å². The first-order valence-corrected chi connectivity index (χ1v) is 10.5. The molecule has 8 heteroatoms. The van der Waals surface area contributed by atoms with E-state index in [9.17, 15) is 9.59 Å². The first-order chi connectivity index (χ1) is 15.0. The summed E-state index contributed by atoms with van der Waals surface area (Å²) in [4.78, 5) is 24.1. The Bertz CT molecular complexity index is 856. The lowest BCUT2D eigenvalue weighted by atomic mass is 9.93. The van der Waals surface area contributed by atoms with E-state index in [4.69, 9.17) is 35.3 Å². The molecule has 1 aliphatic rings. The fraction of sp³-hybridized carbons (Fsp3) is 0.391. The number of halogens is 1. The van der Waals surface area contributed by atoms with Crippen LogP contribution in [0.25, 0.3) is 0 Å². The molecule has 0 N–H and O–H groups in total. The predicted octanol–water partition coefficient (Wildman–Crippen LogP) is 3.83. The number of rotatable bonds is 8. The molecule has 0 saturated carbocycles. The number of benzene rings is 2. The molecule has 7 nitrogen and oxygen atoms in total. The maximum atomic E-state index is 12.6. The summed E-state index contributed by atoms with van der Waals surface area (Å²) in [5.74, 6) is -0.116. The first-order valence-electron chi connectivity index (χ1n) is 9.94. The average Bonchev–Trinajstić information content (AvgIpc) is 2.80. The number of carbonyl (C=O) groups excluding carboxylic acids is 2. The number of carbonyl (C=O) groups is 2. The minimum Gasteiger partial charge on any atom is -0.497 e. The normalized spacial score (nSPS) is 22.9. The van der Waals surface area contributed by atoms with Crippen molar-refractivity contribution in [2.45, 2.75) is 31.8 Å². The quantitative estimate of drug-likeness (QED) is 0.448. The van der Waals surface area contributed by atoms with E-state index in [2.05, 4.69) is 0 Å². The molecule has 2 aromatic rings. The van der Waals surface area contributed by atoms with Crippen LogP contribution in [0.4, 0.5) is 0 Å². The zero-order chi connectivity index (χ0) is 22.2. The third kappa shape index (κ3) is 6.35. The Hall–Kier alpha value is -2.77. The maximum absolute atomic E-state index is 12.6. The average molecular weight is 449 g/mol. The van der Waals surface area contributed by atoms with Gasteiger partial charge in [0.2, 0.25) is 6.29 Å². The second kappa shape index (κ2) is 11.0. The van der Waals surface area contributed by atoms with Crippen LogP contribution in [0.5, 0.6) is 11.5 Å². The Balaban J connectivity index is 1.75. The lowest BCUT2D eigenvalue weighted by Crippen LogP contribution is -2.50. The second-order valence-electron chi connectivity index (χ2n) is 7.19. The Morgan fingerprint density at radius 2 is 1.74 bits per heavy atom. The predicted molar refractivity (Wildman–Crippen MR) is 113 cm³/mol. The van der Waals surface area contributed by atoms with Crippen LogP contribution in [0.15, 0.2) is 54.6 Å². The van der Waals surface area contributed by atoms with E-state index in [-0.39, 0.29) is 18.4 Å². The topological polar surface area (TPSA) is 80.3 Å². The smallest absolute Gasteiger partial charge is 0.338 e. The maximum Gasteiger partial charge on any atom is 0.338 e. The van der Waals surface area contributed by atoms with Crippen LogP contribution in [-0.4, -0.2) is 50.0 Å². The molecule has 166 valence electrons. The van der Waals surface area contributed by atoms with Crippen molar-refractivity contribution in [1.29, 1.82) is 0 Å². The van der Waals surface area contributed by atoms with Gasteiger partial charge in [-0.15, -0.1) is 11.6 Å². The van der Waals surface area contributed by atoms with Crippen LogP contribution < -0.4 is 9.47 Å². The lowest BCUT2D eigenvalue weighted by molar-refractivity contribution is -0.227. The molecule has 2 unspecified atom stereocenters. The molecule has 0 spiro atoms. The monoisotopic (exact) mass is 448 g/mol. The van der Waals surface area contributed by atoms with Crippen molar-refractivity contribution >= 4 is 23.5 Å². The Morgan fingerprint density at radius 3 is 2.39 bits per heavy atom. The van der Waals surface area contributed by atoms with Crippen molar-refractivity contribution in [3.05, 3.63) is 60.2 Å². The molecule has 31 heavy (non-hydrogen) atoms. The molecular weight excluding hydrogens is 424 g/mol. The van der Waals surface area contributed by atoms with Crippen molar-refractivity contribution in [2.75, 3.05) is 19.6 Å². The van der Waals surface area contributed by atoms with E-state index in [1.807, 2.05) is 13.0 Å². The second-order valence-corrected chi connectivity index (χ2v) is 7.45. The van der Waals surface area contributed by atoms with Gasteiger partial charge in [-0.3, -0.25) is 4.79 Å². The van der Waals surface area contributed by atoms with Crippen molar-refractivity contribution in [1.82, 2.24) is 0 Å². The minimum absolute atomic E-state index is 0.0394. The molecule has 3 rings (SSSR count).